The molecule has 1 aromatic carbocycles. The molecule has 0 aliphatic rings. The summed E-state index contributed by atoms with van der Waals surface area (Å²) >= 11 is 1.20. The van der Waals surface area contributed by atoms with E-state index in [0.717, 1.165) is 11.3 Å². The average molecular weight is 386 g/mol. The Morgan fingerprint density at radius 3 is 2.78 bits per heavy atom. The van der Waals surface area contributed by atoms with Crippen LogP contribution in [-0.4, -0.2) is 28.7 Å². The molecule has 0 aliphatic carbocycles. The van der Waals surface area contributed by atoms with Crippen molar-refractivity contribution < 1.29 is 14.3 Å². The summed E-state index contributed by atoms with van der Waals surface area (Å²) in [6.07, 6.45) is 2.21. The molecular weight excluding hydrogens is 364 g/mol. The van der Waals surface area contributed by atoms with Gasteiger partial charge in [0.2, 0.25) is 0 Å². The van der Waals surface area contributed by atoms with Gasteiger partial charge in [0.05, 0.1) is 24.9 Å². The second kappa shape index (κ2) is 8.35. The number of aryl methyl sites for hydroxylation is 3. The standard InChI is InChI=1S/C20H22N2O4S/c1-4-25-20(24)17-14(3)16-18(27-17)21-12-22(19(16)23)10-7-11-26-15-9-6-5-8-13(15)2/h5-6,8-9,12H,4,7,10-11H2,1-3H3. The molecule has 0 bridgehead atoms. The van der Waals surface area contributed by atoms with Crippen molar-refractivity contribution in [3.63, 3.8) is 0 Å². The van der Waals surface area contributed by atoms with Gasteiger partial charge >= 0.3 is 5.97 Å². The van der Waals surface area contributed by atoms with E-state index in [1.165, 1.54) is 17.7 Å². The first-order chi connectivity index (χ1) is 13.0. The van der Waals surface area contributed by atoms with Crippen LogP contribution in [0.4, 0.5) is 0 Å². The number of esters is 1. The van der Waals surface area contributed by atoms with Crippen molar-refractivity contribution in [3.05, 3.63) is 57.0 Å². The van der Waals surface area contributed by atoms with Gasteiger partial charge in [-0.2, -0.15) is 0 Å². The van der Waals surface area contributed by atoms with Gasteiger partial charge in [-0.1, -0.05) is 18.2 Å². The fourth-order valence-electron chi connectivity index (χ4n) is 2.85. The molecule has 0 saturated heterocycles. The number of hydrogen-bond donors (Lipinski definition) is 0. The molecule has 0 saturated carbocycles. The van der Waals surface area contributed by atoms with E-state index < -0.39 is 5.97 Å². The van der Waals surface area contributed by atoms with Crippen molar-refractivity contribution in [1.82, 2.24) is 9.55 Å². The minimum Gasteiger partial charge on any atom is -0.493 e. The Balaban J connectivity index is 1.73. The summed E-state index contributed by atoms with van der Waals surface area (Å²) in [5.74, 6) is 0.446. The normalized spacial score (nSPS) is 10.9. The van der Waals surface area contributed by atoms with Gasteiger partial charge in [0, 0.05) is 6.54 Å². The number of rotatable bonds is 7. The van der Waals surface area contributed by atoms with Crippen LogP contribution in [0.1, 0.15) is 34.1 Å². The minimum absolute atomic E-state index is 0.139. The molecule has 3 rings (SSSR count). The van der Waals surface area contributed by atoms with Crippen LogP contribution >= 0.6 is 11.3 Å². The molecule has 142 valence electrons. The fourth-order valence-corrected chi connectivity index (χ4v) is 3.88. The van der Waals surface area contributed by atoms with E-state index in [0.29, 0.717) is 46.8 Å². The Morgan fingerprint density at radius 2 is 2.04 bits per heavy atom. The molecule has 2 heterocycles. The number of hydrogen-bond acceptors (Lipinski definition) is 6. The van der Waals surface area contributed by atoms with Gasteiger partial charge in [0.25, 0.3) is 5.56 Å². The first-order valence-electron chi connectivity index (χ1n) is 8.87. The van der Waals surface area contributed by atoms with E-state index >= 15 is 0 Å². The Labute approximate surface area is 161 Å². The summed E-state index contributed by atoms with van der Waals surface area (Å²) < 4.78 is 12.4. The summed E-state index contributed by atoms with van der Waals surface area (Å²) in [6, 6.07) is 7.83. The molecule has 27 heavy (non-hydrogen) atoms. The summed E-state index contributed by atoms with van der Waals surface area (Å²) in [5, 5.41) is 0.491. The second-order valence-corrected chi connectivity index (χ2v) is 7.17. The van der Waals surface area contributed by atoms with Crippen LogP contribution in [0.25, 0.3) is 10.2 Å². The number of benzene rings is 1. The second-order valence-electron chi connectivity index (χ2n) is 6.17. The first kappa shape index (κ1) is 19.1. The Hall–Kier alpha value is -2.67. The summed E-state index contributed by atoms with van der Waals surface area (Å²) in [5.41, 5.74) is 1.58. The van der Waals surface area contributed by atoms with Crippen LogP contribution < -0.4 is 10.3 Å². The molecule has 0 radical (unpaired) electrons. The Bertz CT molecular complexity index is 1020. The third-order valence-corrected chi connectivity index (χ3v) is 5.45. The van der Waals surface area contributed by atoms with E-state index in [1.54, 1.807) is 18.4 Å². The lowest BCUT2D eigenvalue weighted by molar-refractivity contribution is 0.0531. The smallest absolute Gasteiger partial charge is 0.348 e. The maximum Gasteiger partial charge on any atom is 0.348 e. The van der Waals surface area contributed by atoms with E-state index in [2.05, 4.69) is 4.98 Å². The molecule has 0 amide bonds. The van der Waals surface area contributed by atoms with Crippen LogP contribution in [0.15, 0.2) is 35.4 Å². The molecular formula is C20H22N2O4S. The van der Waals surface area contributed by atoms with Gasteiger partial charge in [-0.15, -0.1) is 11.3 Å². The van der Waals surface area contributed by atoms with Gasteiger partial charge in [-0.25, -0.2) is 9.78 Å². The lowest BCUT2D eigenvalue weighted by Gasteiger charge is -2.09. The maximum atomic E-state index is 12.8. The van der Waals surface area contributed by atoms with Crippen molar-refractivity contribution in [2.75, 3.05) is 13.2 Å². The van der Waals surface area contributed by atoms with Crippen LogP contribution in [0.3, 0.4) is 0 Å². The number of para-hydroxylation sites is 1. The van der Waals surface area contributed by atoms with Gasteiger partial charge in [-0.05, 0) is 44.4 Å². The van der Waals surface area contributed by atoms with Crippen molar-refractivity contribution in [3.8, 4) is 5.75 Å². The lowest BCUT2D eigenvalue weighted by Crippen LogP contribution is -2.21. The molecule has 0 fully saturated rings. The van der Waals surface area contributed by atoms with Gasteiger partial charge < -0.3 is 9.47 Å². The summed E-state index contributed by atoms with van der Waals surface area (Å²) in [7, 11) is 0. The summed E-state index contributed by atoms with van der Waals surface area (Å²) in [6.45, 7) is 6.82. The molecule has 7 heteroatoms. The first-order valence-corrected chi connectivity index (χ1v) is 9.68. The maximum absolute atomic E-state index is 12.8. The van der Waals surface area contributed by atoms with Crippen molar-refractivity contribution in [1.29, 1.82) is 0 Å². The highest BCUT2D eigenvalue weighted by atomic mass is 32.1. The largest absolute Gasteiger partial charge is 0.493 e. The Morgan fingerprint density at radius 1 is 1.26 bits per heavy atom. The number of nitrogens with zero attached hydrogens (tertiary/aromatic N) is 2. The van der Waals surface area contributed by atoms with Crippen LogP contribution in [-0.2, 0) is 11.3 Å². The molecule has 3 aromatic rings. The highest BCUT2D eigenvalue weighted by Crippen LogP contribution is 2.27. The third kappa shape index (κ3) is 4.03. The number of carbonyl (C=O) groups is 1. The number of thiophene rings is 1. The quantitative estimate of drug-likeness (QED) is 0.457. The molecule has 0 atom stereocenters. The highest BCUT2D eigenvalue weighted by molar-refractivity contribution is 7.20. The summed E-state index contributed by atoms with van der Waals surface area (Å²) in [4.78, 5) is 30.2. The monoisotopic (exact) mass is 386 g/mol. The zero-order valence-corrected chi connectivity index (χ0v) is 16.5. The highest BCUT2D eigenvalue weighted by Gasteiger charge is 2.20. The van der Waals surface area contributed by atoms with Gasteiger partial charge in [0.1, 0.15) is 15.5 Å². The number of carbonyl (C=O) groups excluding carboxylic acids is 1. The predicted molar refractivity (Wildman–Crippen MR) is 106 cm³/mol. The topological polar surface area (TPSA) is 70.4 Å². The van der Waals surface area contributed by atoms with Gasteiger partial charge in [0.15, 0.2) is 0 Å². The fraction of sp³-hybridized carbons (Fsp3) is 0.350. The zero-order chi connectivity index (χ0) is 19.4. The van der Waals surface area contributed by atoms with Crippen LogP contribution in [0.2, 0.25) is 0 Å². The number of aromatic nitrogens is 2. The number of fused-ring (bicyclic) bond motifs is 1. The zero-order valence-electron chi connectivity index (χ0n) is 15.7. The molecule has 0 N–H and O–H groups in total. The Kier molecular flexibility index (Phi) is 5.91. The van der Waals surface area contributed by atoms with Crippen LogP contribution in [0, 0.1) is 13.8 Å². The SMILES string of the molecule is CCOC(=O)c1sc2ncn(CCCOc3ccccc3C)c(=O)c2c1C. The third-order valence-electron chi connectivity index (χ3n) is 4.27. The molecule has 6 nitrogen and oxygen atoms in total. The van der Waals surface area contributed by atoms with Crippen LogP contribution in [0.5, 0.6) is 5.75 Å². The molecule has 0 aliphatic heterocycles. The van der Waals surface area contributed by atoms with E-state index in [4.69, 9.17) is 9.47 Å². The minimum atomic E-state index is -0.407. The molecule has 0 spiro atoms. The van der Waals surface area contributed by atoms with Crippen molar-refractivity contribution in [2.45, 2.75) is 33.7 Å². The lowest BCUT2D eigenvalue weighted by atomic mass is 10.2. The predicted octanol–water partition coefficient (Wildman–Crippen LogP) is 3.72. The average Bonchev–Trinajstić information content (AvgIpc) is 2.99. The van der Waals surface area contributed by atoms with Crippen molar-refractivity contribution >= 4 is 27.5 Å². The van der Waals surface area contributed by atoms with Crippen molar-refractivity contribution in [2.24, 2.45) is 0 Å². The molecule has 0 unspecified atom stereocenters. The van der Waals surface area contributed by atoms with E-state index in [-0.39, 0.29) is 5.56 Å². The molecule has 2 aromatic heterocycles. The van der Waals surface area contributed by atoms with E-state index in [1.807, 2.05) is 31.2 Å². The number of ether oxygens (including phenoxy) is 2. The van der Waals surface area contributed by atoms with E-state index in [9.17, 15) is 9.59 Å². The van der Waals surface area contributed by atoms with Gasteiger partial charge in [-0.3, -0.25) is 9.36 Å².